The van der Waals surface area contributed by atoms with E-state index in [1.807, 2.05) is 6.92 Å². The van der Waals surface area contributed by atoms with E-state index >= 15 is 0 Å². The number of unbranched alkanes of at least 4 members (excludes halogenated alkanes) is 1. The lowest BCUT2D eigenvalue weighted by Crippen LogP contribution is -2.46. The van der Waals surface area contributed by atoms with Gasteiger partial charge in [-0.3, -0.25) is 14.4 Å². The number of amides is 3. The number of anilines is 1. The highest BCUT2D eigenvalue weighted by Crippen LogP contribution is 2.26. The molecule has 3 rings (SSSR count). The monoisotopic (exact) mass is 472 g/mol. The minimum absolute atomic E-state index is 0.0618. The van der Waals surface area contributed by atoms with Gasteiger partial charge in [-0.05, 0) is 43.9 Å². The van der Waals surface area contributed by atoms with E-state index in [1.54, 1.807) is 25.1 Å². The molecule has 1 fully saturated rings. The molecular weight excluding hydrogens is 439 g/mol. The van der Waals surface area contributed by atoms with Crippen LogP contribution in [0.4, 0.5) is 10.2 Å². The Labute approximate surface area is 199 Å². The number of benzene rings is 1. The molecular formula is C25H33FN4O4. The third-order valence-corrected chi connectivity index (χ3v) is 5.98. The van der Waals surface area contributed by atoms with Crippen LogP contribution in [0.25, 0.3) is 0 Å². The van der Waals surface area contributed by atoms with E-state index < -0.39 is 11.9 Å². The van der Waals surface area contributed by atoms with Crippen molar-refractivity contribution < 1.29 is 23.3 Å². The summed E-state index contributed by atoms with van der Waals surface area (Å²) < 4.78 is 18.5. The van der Waals surface area contributed by atoms with Crippen molar-refractivity contribution in [1.29, 1.82) is 0 Å². The molecule has 1 saturated carbocycles. The first-order chi connectivity index (χ1) is 16.4. The molecule has 0 saturated heterocycles. The van der Waals surface area contributed by atoms with Crippen LogP contribution in [0.2, 0.25) is 0 Å². The van der Waals surface area contributed by atoms with Crippen LogP contribution in [0.5, 0.6) is 0 Å². The number of hydrogen-bond acceptors (Lipinski definition) is 5. The number of nitrogens with one attached hydrogen (secondary N) is 2. The Kier molecular flexibility index (Phi) is 9.18. The second-order valence-electron chi connectivity index (χ2n) is 8.76. The molecule has 184 valence electrons. The minimum atomic E-state index is -0.887. The van der Waals surface area contributed by atoms with Gasteiger partial charge in [0.15, 0.2) is 5.82 Å². The fourth-order valence-corrected chi connectivity index (χ4v) is 4.19. The molecule has 1 aromatic carbocycles. The normalized spacial score (nSPS) is 14.6. The van der Waals surface area contributed by atoms with Gasteiger partial charge < -0.3 is 20.1 Å². The third-order valence-electron chi connectivity index (χ3n) is 5.98. The molecule has 1 atom stereocenters. The maximum Gasteiger partial charge on any atom is 0.247 e. The zero-order valence-corrected chi connectivity index (χ0v) is 19.8. The highest BCUT2D eigenvalue weighted by molar-refractivity contribution is 5.94. The van der Waals surface area contributed by atoms with E-state index in [4.69, 9.17) is 4.52 Å². The molecule has 1 heterocycles. The van der Waals surface area contributed by atoms with Gasteiger partial charge in [0.1, 0.15) is 17.6 Å². The van der Waals surface area contributed by atoms with E-state index in [1.165, 1.54) is 17.0 Å². The molecule has 1 aliphatic rings. The summed E-state index contributed by atoms with van der Waals surface area (Å²) in [6.07, 6.45) is 5.34. The van der Waals surface area contributed by atoms with Crippen LogP contribution in [0.15, 0.2) is 34.9 Å². The molecule has 0 radical (unpaired) electrons. The molecule has 1 aromatic heterocycles. The highest BCUT2D eigenvalue weighted by atomic mass is 19.1. The Bertz CT molecular complexity index is 970. The Morgan fingerprint density at radius 1 is 1.18 bits per heavy atom. The maximum absolute atomic E-state index is 13.6. The molecule has 0 spiro atoms. The van der Waals surface area contributed by atoms with E-state index in [-0.39, 0.29) is 42.4 Å². The number of aryl methyl sites for hydroxylation is 1. The average molecular weight is 473 g/mol. The highest BCUT2D eigenvalue weighted by Gasteiger charge is 2.32. The summed E-state index contributed by atoms with van der Waals surface area (Å²) in [5.41, 5.74) is 0.545. The van der Waals surface area contributed by atoms with E-state index in [2.05, 4.69) is 15.8 Å². The van der Waals surface area contributed by atoms with Crippen LogP contribution in [0.3, 0.4) is 0 Å². The Morgan fingerprint density at radius 2 is 1.88 bits per heavy atom. The van der Waals surface area contributed by atoms with Crippen molar-refractivity contribution >= 4 is 23.5 Å². The summed E-state index contributed by atoms with van der Waals surface area (Å²) in [7, 11) is 0. The van der Waals surface area contributed by atoms with Crippen molar-refractivity contribution in [3.8, 4) is 0 Å². The first-order valence-electron chi connectivity index (χ1n) is 12.0. The topological polar surface area (TPSA) is 105 Å². The summed E-state index contributed by atoms with van der Waals surface area (Å²) in [5.74, 6) is -0.512. The third kappa shape index (κ3) is 7.13. The SMILES string of the molecule is CCCCN(C(=O)CCC(=O)Nc1cc(C)on1)[C@H](C(=O)NC1CCCC1)c1ccc(F)cc1. The largest absolute Gasteiger partial charge is 0.360 e. The number of nitrogens with zero attached hydrogens (tertiary/aromatic N) is 2. The fraction of sp³-hybridized carbons (Fsp3) is 0.520. The van der Waals surface area contributed by atoms with Gasteiger partial charge in [0.05, 0.1) is 0 Å². The standard InChI is InChI=1S/C25H33FN4O4/c1-3-4-15-30(23(32)14-13-22(31)28-21-16-17(2)34-29-21)24(18-9-11-19(26)12-10-18)25(33)27-20-7-5-6-8-20/h9-12,16,20,24H,3-8,13-15H2,1-2H3,(H,27,33)(H,28,29,31)/t24-/m0/s1. The molecule has 0 bridgehead atoms. The second kappa shape index (κ2) is 12.3. The number of carbonyl (C=O) groups excluding carboxylic acids is 3. The summed E-state index contributed by atoms with van der Waals surface area (Å²) in [6, 6.07) is 6.45. The molecule has 2 N–H and O–H groups in total. The van der Waals surface area contributed by atoms with Crippen molar-refractivity contribution in [2.24, 2.45) is 0 Å². The lowest BCUT2D eigenvalue weighted by atomic mass is 10.0. The zero-order chi connectivity index (χ0) is 24.5. The van der Waals surface area contributed by atoms with Crippen molar-refractivity contribution in [2.75, 3.05) is 11.9 Å². The number of halogens is 1. The van der Waals surface area contributed by atoms with E-state index in [9.17, 15) is 18.8 Å². The van der Waals surface area contributed by atoms with Gasteiger partial charge in [-0.15, -0.1) is 0 Å². The quantitative estimate of drug-likeness (QED) is 0.508. The predicted molar refractivity (Wildman–Crippen MR) is 125 cm³/mol. The average Bonchev–Trinajstić information content (AvgIpc) is 3.47. The van der Waals surface area contributed by atoms with Crippen molar-refractivity contribution in [3.05, 3.63) is 47.5 Å². The van der Waals surface area contributed by atoms with Crippen molar-refractivity contribution in [3.63, 3.8) is 0 Å². The maximum atomic E-state index is 13.6. The van der Waals surface area contributed by atoms with Crippen LogP contribution < -0.4 is 10.6 Å². The molecule has 0 aliphatic heterocycles. The summed E-state index contributed by atoms with van der Waals surface area (Å²) in [5, 5.41) is 9.40. The van der Waals surface area contributed by atoms with Gasteiger partial charge in [0.25, 0.3) is 0 Å². The zero-order valence-electron chi connectivity index (χ0n) is 19.8. The molecule has 1 aliphatic carbocycles. The molecule has 2 aromatic rings. The van der Waals surface area contributed by atoms with Gasteiger partial charge in [0.2, 0.25) is 17.7 Å². The Balaban J connectivity index is 1.75. The van der Waals surface area contributed by atoms with E-state index in [0.717, 1.165) is 32.1 Å². The molecule has 8 nitrogen and oxygen atoms in total. The van der Waals surface area contributed by atoms with E-state index in [0.29, 0.717) is 24.3 Å². The van der Waals surface area contributed by atoms with Crippen molar-refractivity contribution in [1.82, 2.24) is 15.4 Å². The number of carbonyl (C=O) groups is 3. The van der Waals surface area contributed by atoms with Crippen LogP contribution in [-0.4, -0.2) is 40.4 Å². The Hall–Kier alpha value is -3.23. The number of aromatic nitrogens is 1. The smallest absolute Gasteiger partial charge is 0.247 e. The lowest BCUT2D eigenvalue weighted by molar-refractivity contribution is -0.141. The van der Waals surface area contributed by atoms with Crippen LogP contribution >= 0.6 is 0 Å². The number of rotatable bonds is 11. The lowest BCUT2D eigenvalue weighted by Gasteiger charge is -2.32. The van der Waals surface area contributed by atoms with Gasteiger partial charge >= 0.3 is 0 Å². The van der Waals surface area contributed by atoms with Crippen LogP contribution in [0, 0.1) is 12.7 Å². The van der Waals surface area contributed by atoms with Crippen molar-refractivity contribution in [2.45, 2.75) is 77.3 Å². The minimum Gasteiger partial charge on any atom is -0.360 e. The Morgan fingerprint density at radius 3 is 2.50 bits per heavy atom. The fourth-order valence-electron chi connectivity index (χ4n) is 4.19. The van der Waals surface area contributed by atoms with Gasteiger partial charge in [-0.25, -0.2) is 4.39 Å². The first-order valence-corrected chi connectivity index (χ1v) is 12.0. The molecule has 9 heteroatoms. The first kappa shape index (κ1) is 25.4. The number of hydrogen-bond donors (Lipinski definition) is 2. The predicted octanol–water partition coefficient (Wildman–Crippen LogP) is 4.27. The molecule has 0 unspecified atom stereocenters. The second-order valence-corrected chi connectivity index (χ2v) is 8.76. The summed E-state index contributed by atoms with van der Waals surface area (Å²) in [6.45, 7) is 4.07. The molecule has 3 amide bonds. The summed E-state index contributed by atoms with van der Waals surface area (Å²) >= 11 is 0. The summed E-state index contributed by atoms with van der Waals surface area (Å²) in [4.78, 5) is 40.5. The van der Waals surface area contributed by atoms with Crippen LogP contribution in [-0.2, 0) is 14.4 Å². The van der Waals surface area contributed by atoms with Gasteiger partial charge in [0, 0.05) is 31.5 Å². The van der Waals surface area contributed by atoms with Gasteiger partial charge in [-0.2, -0.15) is 0 Å². The van der Waals surface area contributed by atoms with Crippen LogP contribution in [0.1, 0.15) is 75.7 Å². The van der Waals surface area contributed by atoms with Gasteiger partial charge in [-0.1, -0.05) is 43.5 Å². The molecule has 34 heavy (non-hydrogen) atoms.